The smallest absolute Gasteiger partial charge is 0.192 e. The Bertz CT molecular complexity index is 1130. The second-order valence-electron chi connectivity index (χ2n) is 16.1. The van der Waals surface area contributed by atoms with E-state index in [4.69, 9.17) is 53.8 Å². The lowest BCUT2D eigenvalue weighted by atomic mass is 9.90. The molecule has 4 aliphatic rings. The van der Waals surface area contributed by atoms with Gasteiger partial charge in [0.1, 0.15) is 61.0 Å². The number of hydrogen-bond donors (Lipinski definition) is 10. The lowest BCUT2D eigenvalue weighted by Crippen LogP contribution is -2.68. The zero-order chi connectivity index (χ0) is 39.7. The van der Waals surface area contributed by atoms with E-state index in [1.165, 1.54) is 7.11 Å². The van der Waals surface area contributed by atoms with E-state index in [-0.39, 0.29) is 5.04 Å². The summed E-state index contributed by atoms with van der Waals surface area (Å²) in [6.45, 7) is 10.9. The molecule has 20 atom stereocenters. The summed E-state index contributed by atoms with van der Waals surface area (Å²) in [5, 5.41) is 85.4. The molecule has 12 N–H and O–H groups in total. The predicted octanol–water partition coefficient (Wildman–Crippen LogP) is -3.58. The van der Waals surface area contributed by atoms with Crippen LogP contribution in [-0.2, 0) is 42.3 Å². The molecule has 10 unspecified atom stereocenters. The summed E-state index contributed by atoms with van der Waals surface area (Å²) in [7, 11) is -1.03. The molecule has 4 heterocycles. The second kappa shape index (κ2) is 18.4. The lowest BCUT2D eigenvalue weighted by molar-refractivity contribution is -0.367. The molecule has 0 radical (unpaired) electrons. The fourth-order valence-corrected chi connectivity index (χ4v) is 8.20. The van der Waals surface area contributed by atoms with Crippen molar-refractivity contribution in [1.82, 2.24) is 0 Å². The van der Waals surface area contributed by atoms with Crippen molar-refractivity contribution >= 4 is 8.32 Å². The minimum absolute atomic E-state index is 0.209. The highest BCUT2D eigenvalue weighted by atomic mass is 28.4. The summed E-state index contributed by atoms with van der Waals surface area (Å²) >= 11 is 0. The van der Waals surface area contributed by atoms with Crippen LogP contribution in [0.1, 0.15) is 34.6 Å². The number of methoxy groups -OCH3 is 1. The van der Waals surface area contributed by atoms with Gasteiger partial charge in [-0.1, -0.05) is 34.6 Å². The van der Waals surface area contributed by atoms with Gasteiger partial charge in [-0.15, -0.1) is 0 Å². The van der Waals surface area contributed by atoms with E-state index < -0.39 is 157 Å². The molecule has 0 bridgehead atoms. The van der Waals surface area contributed by atoms with Gasteiger partial charge in [0.2, 0.25) is 0 Å². The van der Waals surface area contributed by atoms with Crippen LogP contribution in [0.3, 0.4) is 0 Å². The van der Waals surface area contributed by atoms with Gasteiger partial charge in [0.05, 0.1) is 50.7 Å². The van der Waals surface area contributed by atoms with E-state index in [1.54, 1.807) is 13.8 Å². The summed E-state index contributed by atoms with van der Waals surface area (Å²) in [5.41, 5.74) is 12.7. The molecule has 0 aromatic carbocycles. The third-order valence-electron chi connectivity index (χ3n) is 11.5. The van der Waals surface area contributed by atoms with Crippen molar-refractivity contribution in [3.8, 4) is 0 Å². The van der Waals surface area contributed by atoms with Gasteiger partial charge in [0.15, 0.2) is 33.5 Å². The second-order valence-corrected chi connectivity index (χ2v) is 20.9. The summed E-state index contributed by atoms with van der Waals surface area (Å²) in [6.07, 6.45) is -19.4. The average molecular weight is 789 g/mol. The SMILES string of the molecule is CO[C@H]1OC(CO)[C@H](O[C@@H]2OC(CO)C(O[C@H]3OC(CO)[C@H](O[C@@H]4OC(CO)C(O[Si](C)(C)C(C)(C)C)[C@H](O)C4N)C(O)[C@H]3C)[C@H](O)C2N)C(O)[C@H]1C. The molecule has 0 saturated carbocycles. The van der Waals surface area contributed by atoms with Gasteiger partial charge in [-0.2, -0.15) is 0 Å². The third-order valence-corrected chi connectivity index (χ3v) is 15.9. The van der Waals surface area contributed by atoms with Gasteiger partial charge in [-0.05, 0) is 18.1 Å². The highest BCUT2D eigenvalue weighted by molar-refractivity contribution is 6.74. The highest BCUT2D eigenvalue weighted by Gasteiger charge is 2.55. The normalized spacial score (nSPS) is 47.4. The molecule has 53 heavy (non-hydrogen) atoms. The summed E-state index contributed by atoms with van der Waals surface area (Å²) < 4.78 is 53.4. The van der Waals surface area contributed by atoms with Crippen molar-refractivity contribution < 1.29 is 83.2 Å². The highest BCUT2D eigenvalue weighted by Crippen LogP contribution is 2.40. The van der Waals surface area contributed by atoms with Crippen LogP contribution in [0.4, 0.5) is 0 Å². The summed E-state index contributed by atoms with van der Waals surface area (Å²) in [5.74, 6) is -1.45. The van der Waals surface area contributed by atoms with Crippen molar-refractivity contribution in [1.29, 1.82) is 0 Å². The first-order chi connectivity index (χ1) is 24.8. The molecular formula is C33H64N2O17Si. The molecule has 4 saturated heterocycles. The maximum absolute atomic E-state index is 11.5. The Kier molecular flexibility index (Phi) is 15.7. The first-order valence-electron chi connectivity index (χ1n) is 18.2. The molecule has 4 rings (SSSR count). The number of hydrogen-bond acceptors (Lipinski definition) is 19. The Morgan fingerprint density at radius 3 is 1.26 bits per heavy atom. The Labute approximate surface area is 311 Å². The third kappa shape index (κ3) is 9.44. The fourth-order valence-electron chi connectivity index (χ4n) is 6.88. The van der Waals surface area contributed by atoms with Crippen LogP contribution in [0, 0.1) is 11.8 Å². The molecule has 0 aromatic heterocycles. The van der Waals surface area contributed by atoms with Crippen LogP contribution in [0.2, 0.25) is 18.1 Å². The van der Waals surface area contributed by atoms with E-state index in [9.17, 15) is 40.9 Å². The van der Waals surface area contributed by atoms with Gasteiger partial charge in [0, 0.05) is 18.9 Å². The number of aliphatic hydroxyl groups is 8. The Morgan fingerprint density at radius 2 is 0.868 bits per heavy atom. The first kappa shape index (κ1) is 45.2. The molecule has 4 fully saturated rings. The van der Waals surface area contributed by atoms with E-state index >= 15 is 0 Å². The quantitative estimate of drug-likeness (QED) is 0.0807. The molecule has 0 aliphatic carbocycles. The van der Waals surface area contributed by atoms with Crippen LogP contribution in [-0.4, -0.2) is 193 Å². The lowest BCUT2D eigenvalue weighted by Gasteiger charge is -2.50. The van der Waals surface area contributed by atoms with Crippen molar-refractivity contribution in [2.45, 2.75) is 163 Å². The maximum atomic E-state index is 11.5. The Balaban J connectivity index is 1.43. The van der Waals surface area contributed by atoms with Gasteiger partial charge < -0.3 is 94.6 Å². The van der Waals surface area contributed by atoms with Crippen molar-refractivity contribution in [2.24, 2.45) is 23.3 Å². The predicted molar refractivity (Wildman–Crippen MR) is 185 cm³/mol. The number of nitrogens with two attached hydrogens (primary N) is 2. The molecule has 4 aliphatic heterocycles. The molecule has 312 valence electrons. The van der Waals surface area contributed by atoms with E-state index in [2.05, 4.69) is 0 Å². The van der Waals surface area contributed by atoms with Gasteiger partial charge in [-0.3, -0.25) is 0 Å². The van der Waals surface area contributed by atoms with E-state index in [1.807, 2.05) is 33.9 Å². The van der Waals surface area contributed by atoms with Crippen molar-refractivity contribution in [3.05, 3.63) is 0 Å². The largest absolute Gasteiger partial charge is 0.408 e. The first-order valence-corrected chi connectivity index (χ1v) is 21.1. The number of aliphatic hydroxyl groups excluding tert-OH is 8. The zero-order valence-electron chi connectivity index (χ0n) is 31.8. The van der Waals surface area contributed by atoms with Crippen LogP contribution in [0.5, 0.6) is 0 Å². The van der Waals surface area contributed by atoms with Gasteiger partial charge in [-0.25, -0.2) is 0 Å². The molecule has 19 nitrogen and oxygen atoms in total. The molecule has 0 amide bonds. The van der Waals surface area contributed by atoms with Crippen LogP contribution >= 0.6 is 0 Å². The van der Waals surface area contributed by atoms with Crippen LogP contribution < -0.4 is 11.5 Å². The van der Waals surface area contributed by atoms with E-state index in [0.717, 1.165) is 0 Å². The summed E-state index contributed by atoms with van der Waals surface area (Å²) in [6, 6.07) is -2.46. The topological polar surface area (TPSA) is 297 Å². The van der Waals surface area contributed by atoms with Crippen LogP contribution in [0.15, 0.2) is 0 Å². The van der Waals surface area contributed by atoms with Crippen LogP contribution in [0.25, 0.3) is 0 Å². The standard InChI is InChI=1S/C33H64N2O17Si/c1-13-21(40)25(15(9-36)45-29(13)44-6)50-31-19(34)23(42)27(17(11-38)47-31)49-30-14(2)22(41)26(16(10-37)46-30)51-32-20(35)24(43)28(18(12-39)48-32)52-53(7,8)33(3,4)5/h13-32,36-43H,9-12,34-35H2,1-8H3/t13-,14-,15?,16?,17?,18?,19?,20?,21?,22?,23-,24-,25+,26+,27?,28?,29+,30-,31+,32+/m1/s1. The average Bonchev–Trinajstić information content (AvgIpc) is 3.11. The number of ether oxygens (including phenoxy) is 8. The zero-order valence-corrected chi connectivity index (χ0v) is 32.8. The molecule has 0 spiro atoms. The maximum Gasteiger partial charge on any atom is 0.192 e. The Morgan fingerprint density at radius 1 is 0.547 bits per heavy atom. The van der Waals surface area contributed by atoms with Crippen molar-refractivity contribution in [3.63, 3.8) is 0 Å². The summed E-state index contributed by atoms with van der Waals surface area (Å²) in [4.78, 5) is 0. The van der Waals surface area contributed by atoms with Gasteiger partial charge >= 0.3 is 0 Å². The number of rotatable bonds is 13. The van der Waals surface area contributed by atoms with Gasteiger partial charge in [0.25, 0.3) is 0 Å². The minimum Gasteiger partial charge on any atom is -0.408 e. The van der Waals surface area contributed by atoms with E-state index in [0.29, 0.717) is 0 Å². The minimum atomic E-state index is -2.43. The van der Waals surface area contributed by atoms with Crippen molar-refractivity contribution in [2.75, 3.05) is 33.5 Å². The fraction of sp³-hybridized carbons (Fsp3) is 1.00. The molecule has 20 heteroatoms. The Hall–Kier alpha value is -0.543. The monoisotopic (exact) mass is 788 g/mol. The molecular weight excluding hydrogens is 724 g/mol. The molecule has 0 aromatic rings.